The molecule has 1 aliphatic heterocycles. The van der Waals surface area contributed by atoms with E-state index in [2.05, 4.69) is 48.3 Å². The van der Waals surface area contributed by atoms with E-state index in [4.69, 9.17) is 10.5 Å². The number of anilines is 2. The van der Waals surface area contributed by atoms with Crippen molar-refractivity contribution in [2.24, 2.45) is 11.7 Å². The van der Waals surface area contributed by atoms with Crippen molar-refractivity contribution >= 4 is 11.4 Å². The van der Waals surface area contributed by atoms with E-state index in [-0.39, 0.29) is 0 Å². The van der Waals surface area contributed by atoms with Crippen molar-refractivity contribution in [3.63, 3.8) is 0 Å². The molecule has 1 aliphatic rings. The number of nitrogens with one attached hydrogen (secondary N) is 1. The van der Waals surface area contributed by atoms with Gasteiger partial charge in [0, 0.05) is 31.0 Å². The molecule has 124 valence electrons. The Bertz CT molecular complexity index is 419. The lowest BCUT2D eigenvalue weighted by Gasteiger charge is -2.36. The van der Waals surface area contributed by atoms with Gasteiger partial charge < -0.3 is 20.7 Å². The maximum Gasteiger partial charge on any atom is 0.0773 e. The summed E-state index contributed by atoms with van der Waals surface area (Å²) in [6.07, 6.45) is 3.84. The standard InChI is InChI=1S/C18H31N3O/c1-15(2)18-14-21(12-13-22-18)17-8-6-16(7-9-17)20-11-5-3-4-10-19/h6-9,15,18,20H,3-5,10-14,19H2,1-2H3/t18-/m0/s1. The van der Waals surface area contributed by atoms with Gasteiger partial charge in [0.1, 0.15) is 0 Å². The zero-order chi connectivity index (χ0) is 15.8. The van der Waals surface area contributed by atoms with Gasteiger partial charge in [0.2, 0.25) is 0 Å². The van der Waals surface area contributed by atoms with Gasteiger partial charge in [0.15, 0.2) is 0 Å². The van der Waals surface area contributed by atoms with E-state index >= 15 is 0 Å². The fourth-order valence-corrected chi connectivity index (χ4v) is 2.78. The highest BCUT2D eigenvalue weighted by atomic mass is 16.5. The van der Waals surface area contributed by atoms with Gasteiger partial charge in [-0.15, -0.1) is 0 Å². The first-order chi connectivity index (χ1) is 10.7. The molecule has 0 saturated carbocycles. The topological polar surface area (TPSA) is 50.5 Å². The minimum Gasteiger partial charge on any atom is -0.385 e. The second-order valence-corrected chi connectivity index (χ2v) is 6.42. The van der Waals surface area contributed by atoms with Crippen molar-refractivity contribution in [1.82, 2.24) is 0 Å². The third-order valence-corrected chi connectivity index (χ3v) is 4.28. The molecule has 1 fully saturated rings. The molecule has 0 unspecified atom stereocenters. The maximum atomic E-state index is 5.84. The first-order valence-electron chi connectivity index (χ1n) is 8.61. The van der Waals surface area contributed by atoms with E-state index in [1.165, 1.54) is 24.2 Å². The summed E-state index contributed by atoms with van der Waals surface area (Å²) in [4.78, 5) is 2.43. The van der Waals surface area contributed by atoms with Crippen LogP contribution in [-0.4, -0.2) is 38.9 Å². The highest BCUT2D eigenvalue weighted by molar-refractivity contribution is 5.55. The summed E-state index contributed by atoms with van der Waals surface area (Å²) in [6, 6.07) is 8.78. The Hall–Kier alpha value is -1.26. The molecular weight excluding hydrogens is 274 g/mol. The largest absolute Gasteiger partial charge is 0.385 e. The normalized spacial score (nSPS) is 18.7. The van der Waals surface area contributed by atoms with E-state index in [9.17, 15) is 0 Å². The Morgan fingerprint density at radius 3 is 2.68 bits per heavy atom. The molecule has 1 aromatic carbocycles. The third kappa shape index (κ3) is 5.18. The number of unbranched alkanes of at least 4 members (excludes halogenated alkanes) is 2. The predicted octanol–water partition coefficient (Wildman–Crippen LogP) is 3.09. The number of morpholine rings is 1. The summed E-state index contributed by atoms with van der Waals surface area (Å²) in [5.41, 5.74) is 8.00. The Balaban J connectivity index is 1.81. The second kappa shape index (κ2) is 9.01. The average molecular weight is 305 g/mol. The van der Waals surface area contributed by atoms with Gasteiger partial charge in [0.05, 0.1) is 12.7 Å². The summed E-state index contributed by atoms with van der Waals surface area (Å²) < 4.78 is 5.84. The highest BCUT2D eigenvalue weighted by Crippen LogP contribution is 2.22. The maximum absolute atomic E-state index is 5.84. The van der Waals surface area contributed by atoms with E-state index in [0.717, 1.165) is 39.2 Å². The molecule has 4 nitrogen and oxygen atoms in total. The van der Waals surface area contributed by atoms with Crippen LogP contribution in [0.1, 0.15) is 33.1 Å². The predicted molar refractivity (Wildman–Crippen MR) is 94.6 cm³/mol. The lowest BCUT2D eigenvalue weighted by molar-refractivity contribution is 0.0114. The van der Waals surface area contributed by atoms with Crippen molar-refractivity contribution in [1.29, 1.82) is 0 Å². The van der Waals surface area contributed by atoms with Gasteiger partial charge in [-0.3, -0.25) is 0 Å². The molecule has 2 rings (SSSR count). The van der Waals surface area contributed by atoms with Crippen molar-refractivity contribution in [3.05, 3.63) is 24.3 Å². The molecule has 0 aromatic heterocycles. The summed E-state index contributed by atoms with van der Waals surface area (Å²) >= 11 is 0. The molecule has 0 bridgehead atoms. The number of nitrogens with two attached hydrogens (primary N) is 1. The fraction of sp³-hybridized carbons (Fsp3) is 0.667. The van der Waals surface area contributed by atoms with Crippen LogP contribution in [0.4, 0.5) is 11.4 Å². The molecule has 0 radical (unpaired) electrons. The molecular formula is C18H31N3O. The summed E-state index contributed by atoms with van der Waals surface area (Å²) in [6.45, 7) is 9.07. The van der Waals surface area contributed by atoms with Crippen LogP contribution in [0.25, 0.3) is 0 Å². The van der Waals surface area contributed by atoms with Crippen molar-refractivity contribution in [2.75, 3.05) is 43.0 Å². The zero-order valence-corrected chi connectivity index (χ0v) is 14.1. The van der Waals surface area contributed by atoms with E-state index in [1.54, 1.807) is 0 Å². The van der Waals surface area contributed by atoms with E-state index < -0.39 is 0 Å². The van der Waals surface area contributed by atoms with Gasteiger partial charge in [0.25, 0.3) is 0 Å². The fourth-order valence-electron chi connectivity index (χ4n) is 2.78. The lowest BCUT2D eigenvalue weighted by Crippen LogP contribution is -2.44. The van der Waals surface area contributed by atoms with Crippen molar-refractivity contribution in [2.45, 2.75) is 39.2 Å². The Morgan fingerprint density at radius 2 is 2.00 bits per heavy atom. The number of rotatable bonds is 8. The van der Waals surface area contributed by atoms with Crippen LogP contribution in [0, 0.1) is 5.92 Å². The van der Waals surface area contributed by atoms with Crippen LogP contribution in [0.2, 0.25) is 0 Å². The van der Waals surface area contributed by atoms with Crippen LogP contribution in [0.5, 0.6) is 0 Å². The minimum absolute atomic E-state index is 0.342. The quantitative estimate of drug-likeness (QED) is 0.725. The highest BCUT2D eigenvalue weighted by Gasteiger charge is 2.23. The molecule has 0 spiro atoms. The summed E-state index contributed by atoms with van der Waals surface area (Å²) in [5, 5.41) is 3.48. The van der Waals surface area contributed by atoms with Gasteiger partial charge in [-0.25, -0.2) is 0 Å². The summed E-state index contributed by atoms with van der Waals surface area (Å²) in [7, 11) is 0. The number of nitrogens with zero attached hydrogens (tertiary/aromatic N) is 1. The van der Waals surface area contributed by atoms with Crippen LogP contribution in [0.15, 0.2) is 24.3 Å². The summed E-state index contributed by atoms with van der Waals surface area (Å²) in [5.74, 6) is 0.567. The van der Waals surface area contributed by atoms with Gasteiger partial charge in [-0.2, -0.15) is 0 Å². The molecule has 22 heavy (non-hydrogen) atoms. The van der Waals surface area contributed by atoms with Crippen LogP contribution >= 0.6 is 0 Å². The number of ether oxygens (including phenoxy) is 1. The average Bonchev–Trinajstić information content (AvgIpc) is 2.55. The van der Waals surface area contributed by atoms with Crippen molar-refractivity contribution < 1.29 is 4.74 Å². The number of benzene rings is 1. The monoisotopic (exact) mass is 305 g/mol. The minimum atomic E-state index is 0.342. The molecule has 0 amide bonds. The lowest BCUT2D eigenvalue weighted by atomic mass is 10.1. The SMILES string of the molecule is CC(C)[C@@H]1CN(c2ccc(NCCCCCN)cc2)CCO1. The van der Waals surface area contributed by atoms with Gasteiger partial charge >= 0.3 is 0 Å². The van der Waals surface area contributed by atoms with E-state index in [1.807, 2.05) is 0 Å². The Morgan fingerprint density at radius 1 is 1.23 bits per heavy atom. The molecule has 1 saturated heterocycles. The molecule has 4 heteroatoms. The van der Waals surface area contributed by atoms with Crippen LogP contribution < -0.4 is 16.0 Å². The molecule has 0 aliphatic carbocycles. The number of hydrogen-bond acceptors (Lipinski definition) is 4. The van der Waals surface area contributed by atoms with Crippen LogP contribution in [0.3, 0.4) is 0 Å². The molecule has 3 N–H and O–H groups in total. The smallest absolute Gasteiger partial charge is 0.0773 e. The first kappa shape index (κ1) is 17.1. The number of hydrogen-bond donors (Lipinski definition) is 2. The first-order valence-corrected chi connectivity index (χ1v) is 8.61. The van der Waals surface area contributed by atoms with Crippen molar-refractivity contribution in [3.8, 4) is 0 Å². The Kier molecular flexibility index (Phi) is 7.00. The van der Waals surface area contributed by atoms with Gasteiger partial charge in [-0.05, 0) is 49.6 Å². The zero-order valence-electron chi connectivity index (χ0n) is 14.1. The Labute approximate surface area is 135 Å². The second-order valence-electron chi connectivity index (χ2n) is 6.42. The van der Waals surface area contributed by atoms with Crippen LogP contribution in [-0.2, 0) is 4.74 Å². The van der Waals surface area contributed by atoms with E-state index in [0.29, 0.717) is 12.0 Å². The third-order valence-electron chi connectivity index (χ3n) is 4.28. The molecule has 1 heterocycles. The molecule has 1 aromatic rings. The molecule has 1 atom stereocenters. The van der Waals surface area contributed by atoms with Gasteiger partial charge in [-0.1, -0.05) is 20.3 Å².